The van der Waals surface area contributed by atoms with E-state index in [0.717, 1.165) is 39.1 Å². The van der Waals surface area contributed by atoms with Crippen LogP contribution in [0.15, 0.2) is 12.1 Å². The van der Waals surface area contributed by atoms with Gasteiger partial charge < -0.3 is 20.5 Å². The summed E-state index contributed by atoms with van der Waals surface area (Å²) in [7, 11) is 1.52. The number of ether oxygens (including phenoxy) is 2. The third-order valence-electron chi connectivity index (χ3n) is 5.59. The number of hydrogen-bond donors (Lipinski definition) is 2. The zero-order chi connectivity index (χ0) is 18.6. The normalized spacial score (nSPS) is 19.1. The molecule has 2 fully saturated rings. The summed E-state index contributed by atoms with van der Waals surface area (Å²) in [6, 6.07) is 3.16. The lowest BCUT2D eigenvalue weighted by molar-refractivity contribution is -0.0349. The predicted molar refractivity (Wildman–Crippen MR) is 117 cm³/mol. The highest BCUT2D eigenvalue weighted by Gasteiger charge is 2.39. The van der Waals surface area contributed by atoms with Crippen molar-refractivity contribution < 1.29 is 14.3 Å². The molecule has 0 aliphatic carbocycles. The summed E-state index contributed by atoms with van der Waals surface area (Å²) in [6.07, 6.45) is 5.60. The van der Waals surface area contributed by atoms with E-state index in [4.69, 9.17) is 26.8 Å². The number of amides is 1. The quantitative estimate of drug-likeness (QED) is 0.666. The van der Waals surface area contributed by atoms with E-state index in [1.54, 1.807) is 12.1 Å². The molecule has 0 atom stereocenters. The number of nitrogens with zero attached hydrogens (tertiary/aromatic N) is 1. The van der Waals surface area contributed by atoms with E-state index >= 15 is 0 Å². The van der Waals surface area contributed by atoms with Gasteiger partial charge in [0.25, 0.3) is 5.91 Å². The molecule has 0 saturated carbocycles. The molecule has 0 bridgehead atoms. The Hall–Kier alpha value is -0.920. The first kappa shape index (κ1) is 25.1. The topological polar surface area (TPSA) is 76.8 Å². The molecule has 3 N–H and O–H groups in total. The van der Waals surface area contributed by atoms with E-state index in [2.05, 4.69) is 10.2 Å². The number of carbonyl (C=O) groups is 1. The van der Waals surface area contributed by atoms with Gasteiger partial charge in [-0.25, -0.2) is 0 Å². The molecule has 1 aromatic rings. The van der Waals surface area contributed by atoms with E-state index in [-0.39, 0.29) is 36.3 Å². The molecule has 160 valence electrons. The van der Waals surface area contributed by atoms with Crippen molar-refractivity contribution >= 4 is 48.0 Å². The van der Waals surface area contributed by atoms with Gasteiger partial charge in [0, 0.05) is 31.4 Å². The summed E-state index contributed by atoms with van der Waals surface area (Å²) < 4.78 is 10.9. The molecular weight excluding hydrogens is 425 g/mol. The lowest BCUT2D eigenvalue weighted by atomic mass is 9.86. The van der Waals surface area contributed by atoms with Crippen molar-refractivity contribution in [1.82, 2.24) is 10.2 Å². The van der Waals surface area contributed by atoms with E-state index in [1.807, 2.05) is 0 Å². The van der Waals surface area contributed by atoms with Gasteiger partial charge in [-0.1, -0.05) is 18.0 Å². The van der Waals surface area contributed by atoms with Crippen LogP contribution < -0.4 is 15.8 Å². The molecule has 1 aromatic carbocycles. The number of nitrogens with two attached hydrogens (primary N) is 1. The maximum absolute atomic E-state index is 12.8. The number of piperidine rings is 1. The Labute approximate surface area is 184 Å². The maximum atomic E-state index is 12.8. The zero-order valence-electron chi connectivity index (χ0n) is 16.2. The van der Waals surface area contributed by atoms with Crippen LogP contribution in [-0.2, 0) is 4.74 Å². The second-order valence-electron chi connectivity index (χ2n) is 7.14. The number of halogens is 3. The number of nitrogens with one attached hydrogen (secondary N) is 1. The zero-order valence-corrected chi connectivity index (χ0v) is 18.6. The molecule has 2 heterocycles. The van der Waals surface area contributed by atoms with Gasteiger partial charge in [0.05, 0.1) is 23.4 Å². The average molecular weight is 455 g/mol. The van der Waals surface area contributed by atoms with Gasteiger partial charge in [-0.15, -0.1) is 24.8 Å². The van der Waals surface area contributed by atoms with Crippen LogP contribution in [0.2, 0.25) is 5.02 Å². The summed E-state index contributed by atoms with van der Waals surface area (Å²) in [6.45, 7) is 4.26. The summed E-state index contributed by atoms with van der Waals surface area (Å²) >= 11 is 6.10. The van der Waals surface area contributed by atoms with Crippen LogP contribution in [0, 0.1) is 0 Å². The fraction of sp³-hybridized carbons (Fsp3) is 0.632. The van der Waals surface area contributed by atoms with Gasteiger partial charge in [-0.05, 0) is 44.8 Å². The van der Waals surface area contributed by atoms with Gasteiger partial charge in [-0.2, -0.15) is 0 Å². The SMILES string of the molecule is COc1cc(N)c(Cl)cc1C(=O)NCC1(N2CCCCC2)CCOCC1.Cl.Cl. The highest BCUT2D eigenvalue weighted by Crippen LogP contribution is 2.32. The minimum Gasteiger partial charge on any atom is -0.496 e. The van der Waals surface area contributed by atoms with E-state index < -0.39 is 0 Å². The molecule has 2 aliphatic rings. The first-order valence-corrected chi connectivity index (χ1v) is 9.67. The second-order valence-corrected chi connectivity index (χ2v) is 7.55. The van der Waals surface area contributed by atoms with Crippen molar-refractivity contribution in [3.05, 3.63) is 22.7 Å². The van der Waals surface area contributed by atoms with E-state index in [9.17, 15) is 4.79 Å². The van der Waals surface area contributed by atoms with Crippen molar-refractivity contribution in [2.75, 3.05) is 45.7 Å². The van der Waals surface area contributed by atoms with Crippen molar-refractivity contribution in [3.8, 4) is 5.75 Å². The Morgan fingerprint density at radius 3 is 2.50 bits per heavy atom. The van der Waals surface area contributed by atoms with Crippen LogP contribution in [0.25, 0.3) is 0 Å². The third kappa shape index (κ3) is 5.57. The monoisotopic (exact) mass is 453 g/mol. The molecular formula is C19H30Cl3N3O3. The van der Waals surface area contributed by atoms with E-state index in [0.29, 0.717) is 28.6 Å². The molecule has 0 aromatic heterocycles. The molecule has 28 heavy (non-hydrogen) atoms. The smallest absolute Gasteiger partial charge is 0.255 e. The second kappa shape index (κ2) is 11.3. The first-order valence-electron chi connectivity index (χ1n) is 9.30. The molecule has 1 amide bonds. The number of benzene rings is 1. The average Bonchev–Trinajstić information content (AvgIpc) is 2.69. The standard InChI is InChI=1S/C19H28ClN3O3.2ClH/c1-25-17-12-16(21)15(20)11-14(17)18(24)22-13-19(5-9-26-10-6-19)23-7-3-2-4-8-23;;/h11-12H,2-10,13,21H2,1H3,(H,22,24);2*1H. The number of nitrogen functional groups attached to an aromatic ring is 1. The van der Waals surface area contributed by atoms with Crippen molar-refractivity contribution in [3.63, 3.8) is 0 Å². The highest BCUT2D eigenvalue weighted by atomic mass is 35.5. The number of likely N-dealkylation sites (tertiary alicyclic amines) is 1. The minimum absolute atomic E-state index is 0. The summed E-state index contributed by atoms with van der Waals surface area (Å²) in [5.74, 6) is 0.245. The Kier molecular flexibility index (Phi) is 10.1. The fourth-order valence-electron chi connectivity index (χ4n) is 3.98. The molecule has 6 nitrogen and oxygen atoms in total. The van der Waals surface area contributed by atoms with Crippen LogP contribution in [0.4, 0.5) is 5.69 Å². The predicted octanol–water partition coefficient (Wildman–Crippen LogP) is 3.54. The summed E-state index contributed by atoms with van der Waals surface area (Å²) in [4.78, 5) is 15.4. The molecule has 3 rings (SSSR count). The van der Waals surface area contributed by atoms with Crippen molar-refractivity contribution in [2.45, 2.75) is 37.6 Å². The third-order valence-corrected chi connectivity index (χ3v) is 5.92. The molecule has 0 unspecified atom stereocenters. The number of hydrogen-bond acceptors (Lipinski definition) is 5. The van der Waals surface area contributed by atoms with Gasteiger partial charge in [0.2, 0.25) is 0 Å². The van der Waals surface area contributed by atoms with Crippen LogP contribution in [0.5, 0.6) is 5.75 Å². The van der Waals surface area contributed by atoms with Crippen molar-refractivity contribution in [1.29, 1.82) is 0 Å². The number of carbonyl (C=O) groups excluding carboxylic acids is 1. The molecule has 2 saturated heterocycles. The summed E-state index contributed by atoms with van der Waals surface area (Å²) in [5, 5.41) is 3.47. The molecule has 2 aliphatic heterocycles. The number of anilines is 1. The lowest BCUT2D eigenvalue weighted by Gasteiger charge is -2.48. The van der Waals surface area contributed by atoms with Gasteiger partial charge >= 0.3 is 0 Å². The number of rotatable bonds is 5. The Morgan fingerprint density at radius 1 is 1.25 bits per heavy atom. The van der Waals surface area contributed by atoms with Crippen LogP contribution in [0.3, 0.4) is 0 Å². The highest BCUT2D eigenvalue weighted by molar-refractivity contribution is 6.33. The summed E-state index contributed by atoms with van der Waals surface area (Å²) in [5.41, 5.74) is 6.59. The minimum atomic E-state index is -0.188. The van der Waals surface area contributed by atoms with E-state index in [1.165, 1.54) is 26.4 Å². The van der Waals surface area contributed by atoms with Crippen LogP contribution >= 0.6 is 36.4 Å². The molecule has 0 radical (unpaired) electrons. The molecule has 0 spiro atoms. The number of methoxy groups -OCH3 is 1. The fourth-order valence-corrected chi connectivity index (χ4v) is 4.14. The Bertz CT molecular complexity index is 649. The van der Waals surface area contributed by atoms with Gasteiger partial charge in [0.1, 0.15) is 5.75 Å². The Morgan fingerprint density at radius 2 is 1.89 bits per heavy atom. The molecule has 9 heteroatoms. The van der Waals surface area contributed by atoms with Crippen molar-refractivity contribution in [2.24, 2.45) is 0 Å². The van der Waals surface area contributed by atoms with Gasteiger partial charge in [0.15, 0.2) is 0 Å². The largest absolute Gasteiger partial charge is 0.496 e. The van der Waals surface area contributed by atoms with Crippen LogP contribution in [-0.4, -0.2) is 56.3 Å². The van der Waals surface area contributed by atoms with Gasteiger partial charge in [-0.3, -0.25) is 9.69 Å². The van der Waals surface area contributed by atoms with Crippen LogP contribution in [0.1, 0.15) is 42.5 Å². The Balaban J connectivity index is 0.00000196. The first-order chi connectivity index (χ1) is 12.6. The lowest BCUT2D eigenvalue weighted by Crippen LogP contribution is -2.59. The maximum Gasteiger partial charge on any atom is 0.255 e.